The van der Waals surface area contributed by atoms with Crippen LogP contribution >= 0.6 is 24.2 Å². The Hall–Kier alpha value is 0.0700. The fourth-order valence-electron chi connectivity index (χ4n) is 0.590. The Balaban J connectivity index is 0. The molecule has 0 aliphatic rings. The van der Waals surface area contributed by atoms with Gasteiger partial charge in [0.15, 0.2) is 0 Å². The van der Waals surface area contributed by atoms with E-state index in [0.29, 0.717) is 6.42 Å². The minimum Gasteiger partial charge on any atom is -0.368 e. The Kier molecular flexibility index (Phi) is 10.1. The lowest BCUT2D eigenvalue weighted by Crippen LogP contribution is -2.36. The van der Waals surface area contributed by atoms with Gasteiger partial charge < -0.3 is 11.5 Å². The number of hydrogen-bond acceptors (Lipinski definition) is 3. The fourth-order valence-corrected chi connectivity index (χ4v) is 1.05. The standard InChI is InChI=1S/C6H14N2OS.ClH/c1-10-4-2-3-5(7)6(8)9;/h5H,2-4,7H2,1H3,(H2,8,9);1H/t5-;/m0./s1. The maximum absolute atomic E-state index is 10.4. The number of primary amides is 1. The van der Waals surface area contributed by atoms with Crippen LogP contribution in [0.4, 0.5) is 0 Å². The summed E-state index contributed by atoms with van der Waals surface area (Å²) in [7, 11) is 0. The monoisotopic (exact) mass is 198 g/mol. The van der Waals surface area contributed by atoms with Gasteiger partial charge in [0.05, 0.1) is 6.04 Å². The first-order valence-corrected chi connectivity index (χ1v) is 4.61. The largest absolute Gasteiger partial charge is 0.368 e. The van der Waals surface area contributed by atoms with Gasteiger partial charge in [0.1, 0.15) is 0 Å². The molecule has 68 valence electrons. The average Bonchev–Trinajstić information content (AvgIpc) is 1.88. The van der Waals surface area contributed by atoms with E-state index >= 15 is 0 Å². The first-order chi connectivity index (χ1) is 4.68. The topological polar surface area (TPSA) is 69.1 Å². The predicted octanol–water partition coefficient (Wildman–Crippen LogP) is 0.364. The molecule has 0 aromatic heterocycles. The van der Waals surface area contributed by atoms with E-state index in [0.717, 1.165) is 12.2 Å². The molecule has 0 radical (unpaired) electrons. The van der Waals surface area contributed by atoms with Crippen LogP contribution in [0.5, 0.6) is 0 Å². The summed E-state index contributed by atoms with van der Waals surface area (Å²) in [5.41, 5.74) is 10.3. The van der Waals surface area contributed by atoms with Crippen LogP contribution in [0.15, 0.2) is 0 Å². The molecule has 4 N–H and O–H groups in total. The molecule has 0 heterocycles. The van der Waals surface area contributed by atoms with Crippen molar-refractivity contribution < 1.29 is 4.79 Å². The molecule has 0 bridgehead atoms. The summed E-state index contributed by atoms with van der Waals surface area (Å²) in [6.07, 6.45) is 3.69. The summed E-state index contributed by atoms with van der Waals surface area (Å²) < 4.78 is 0. The maximum atomic E-state index is 10.4. The molecule has 0 spiro atoms. The summed E-state index contributed by atoms with van der Waals surface area (Å²) in [5, 5.41) is 0. The van der Waals surface area contributed by atoms with E-state index in [9.17, 15) is 4.79 Å². The SMILES string of the molecule is CSCCC[C@H](N)C(N)=O.Cl. The van der Waals surface area contributed by atoms with Crippen LogP contribution < -0.4 is 11.5 Å². The number of rotatable bonds is 5. The molecule has 5 heteroatoms. The number of nitrogens with two attached hydrogens (primary N) is 2. The lowest BCUT2D eigenvalue weighted by Gasteiger charge is -2.04. The van der Waals surface area contributed by atoms with Crippen LogP contribution in [-0.2, 0) is 4.79 Å². The van der Waals surface area contributed by atoms with E-state index in [1.165, 1.54) is 0 Å². The molecule has 1 amide bonds. The van der Waals surface area contributed by atoms with Gasteiger partial charge in [0, 0.05) is 0 Å². The van der Waals surface area contributed by atoms with E-state index in [2.05, 4.69) is 0 Å². The van der Waals surface area contributed by atoms with Gasteiger partial charge >= 0.3 is 0 Å². The van der Waals surface area contributed by atoms with Crippen molar-refractivity contribution in [3.05, 3.63) is 0 Å². The van der Waals surface area contributed by atoms with Crippen LogP contribution in [-0.4, -0.2) is 24.0 Å². The minimum absolute atomic E-state index is 0. The third-order valence-electron chi connectivity index (χ3n) is 1.23. The highest BCUT2D eigenvalue weighted by Gasteiger charge is 2.06. The van der Waals surface area contributed by atoms with Gasteiger partial charge in [0.25, 0.3) is 0 Å². The van der Waals surface area contributed by atoms with Gasteiger partial charge in [-0.15, -0.1) is 12.4 Å². The zero-order valence-corrected chi connectivity index (χ0v) is 8.21. The van der Waals surface area contributed by atoms with Crippen LogP contribution in [0, 0.1) is 0 Å². The Bertz CT molecular complexity index is 113. The number of thioether (sulfide) groups is 1. The number of halogens is 1. The van der Waals surface area contributed by atoms with E-state index < -0.39 is 11.9 Å². The van der Waals surface area contributed by atoms with Gasteiger partial charge in [-0.1, -0.05) is 0 Å². The summed E-state index contributed by atoms with van der Waals surface area (Å²) in [6.45, 7) is 0. The molecule has 3 nitrogen and oxygen atoms in total. The molecule has 0 rings (SSSR count). The number of carbonyl (C=O) groups excluding carboxylic acids is 1. The van der Waals surface area contributed by atoms with E-state index in [1.54, 1.807) is 11.8 Å². The molecular weight excluding hydrogens is 184 g/mol. The molecule has 0 aliphatic heterocycles. The number of amides is 1. The van der Waals surface area contributed by atoms with Crippen LogP contribution in [0.2, 0.25) is 0 Å². The smallest absolute Gasteiger partial charge is 0.234 e. The van der Waals surface area contributed by atoms with Crippen molar-refractivity contribution in [2.24, 2.45) is 11.5 Å². The summed E-state index contributed by atoms with van der Waals surface area (Å²) in [5.74, 6) is 0.641. The average molecular weight is 199 g/mol. The Morgan fingerprint density at radius 2 is 2.18 bits per heavy atom. The second kappa shape index (κ2) is 8.17. The second-order valence-corrected chi connectivity index (χ2v) is 3.13. The predicted molar refractivity (Wildman–Crippen MR) is 52.0 cm³/mol. The molecule has 11 heavy (non-hydrogen) atoms. The van der Waals surface area contributed by atoms with Crippen molar-refractivity contribution in [3.8, 4) is 0 Å². The zero-order valence-electron chi connectivity index (χ0n) is 6.58. The van der Waals surface area contributed by atoms with Gasteiger partial charge in [-0.25, -0.2) is 0 Å². The zero-order chi connectivity index (χ0) is 7.98. The Labute approximate surface area is 77.7 Å². The Morgan fingerprint density at radius 3 is 2.55 bits per heavy atom. The van der Waals surface area contributed by atoms with Crippen molar-refractivity contribution in [2.75, 3.05) is 12.0 Å². The third-order valence-corrected chi connectivity index (χ3v) is 1.93. The van der Waals surface area contributed by atoms with Crippen molar-refractivity contribution in [2.45, 2.75) is 18.9 Å². The van der Waals surface area contributed by atoms with Crippen LogP contribution in [0.1, 0.15) is 12.8 Å². The van der Waals surface area contributed by atoms with E-state index in [1.807, 2.05) is 6.26 Å². The van der Waals surface area contributed by atoms with Crippen LogP contribution in [0.25, 0.3) is 0 Å². The molecule has 1 atom stereocenters. The lowest BCUT2D eigenvalue weighted by atomic mass is 10.2. The molecule has 0 saturated heterocycles. The molecular formula is C6H15ClN2OS. The summed E-state index contributed by atoms with van der Waals surface area (Å²) in [6, 6.07) is -0.452. The fraction of sp³-hybridized carbons (Fsp3) is 0.833. The maximum Gasteiger partial charge on any atom is 0.234 e. The number of hydrogen-bond donors (Lipinski definition) is 2. The highest BCUT2D eigenvalue weighted by atomic mass is 35.5. The van der Waals surface area contributed by atoms with Crippen LogP contribution in [0.3, 0.4) is 0 Å². The summed E-state index contributed by atoms with van der Waals surface area (Å²) >= 11 is 1.75. The first-order valence-electron chi connectivity index (χ1n) is 3.22. The highest BCUT2D eigenvalue weighted by molar-refractivity contribution is 7.98. The third kappa shape index (κ3) is 7.97. The molecule has 0 aliphatic carbocycles. The van der Waals surface area contributed by atoms with Gasteiger partial charge in [-0.3, -0.25) is 4.79 Å². The van der Waals surface area contributed by atoms with Crippen molar-refractivity contribution in [3.63, 3.8) is 0 Å². The number of carbonyl (C=O) groups is 1. The van der Waals surface area contributed by atoms with Crippen molar-refractivity contribution in [1.82, 2.24) is 0 Å². The molecule has 0 fully saturated rings. The molecule has 0 aromatic carbocycles. The minimum atomic E-state index is -0.452. The summed E-state index contributed by atoms with van der Waals surface area (Å²) in [4.78, 5) is 10.4. The van der Waals surface area contributed by atoms with Crippen molar-refractivity contribution in [1.29, 1.82) is 0 Å². The lowest BCUT2D eigenvalue weighted by molar-refractivity contribution is -0.119. The van der Waals surface area contributed by atoms with Gasteiger partial charge in [0.2, 0.25) is 5.91 Å². The quantitative estimate of drug-likeness (QED) is 0.627. The second-order valence-electron chi connectivity index (χ2n) is 2.14. The molecule has 0 aromatic rings. The van der Waals surface area contributed by atoms with Crippen molar-refractivity contribution >= 4 is 30.1 Å². The first kappa shape index (κ1) is 13.6. The van der Waals surface area contributed by atoms with Gasteiger partial charge in [-0.05, 0) is 24.9 Å². The molecule has 0 unspecified atom stereocenters. The van der Waals surface area contributed by atoms with E-state index in [-0.39, 0.29) is 12.4 Å². The highest BCUT2D eigenvalue weighted by Crippen LogP contribution is 2.00. The van der Waals surface area contributed by atoms with E-state index in [4.69, 9.17) is 11.5 Å². The normalized spacial score (nSPS) is 11.8. The van der Waals surface area contributed by atoms with Gasteiger partial charge in [-0.2, -0.15) is 11.8 Å². The Morgan fingerprint density at radius 1 is 1.64 bits per heavy atom. The molecule has 0 saturated carbocycles.